The summed E-state index contributed by atoms with van der Waals surface area (Å²) in [5.41, 5.74) is 4.87. The van der Waals surface area contributed by atoms with Crippen molar-refractivity contribution in [3.05, 3.63) is 59.0 Å². The quantitative estimate of drug-likeness (QED) is 0.662. The maximum absolute atomic E-state index is 14.1. The van der Waals surface area contributed by atoms with E-state index in [1.807, 2.05) is 23.1 Å². The van der Waals surface area contributed by atoms with Crippen LogP contribution in [0.1, 0.15) is 47.6 Å². The molecule has 1 N–H and O–H groups in total. The standard InChI is InChI=1S/C24H25F2N5O/c1-27-24(32)17-7-5-14-6-8-21(29-22(14)17)31-9-3-4-15-10-18(16-12-28-30(2)13-16)19(23(25)26)11-20(15)31/h6,8,10-13,17,23H,3-5,7,9H2,1-2H3,(H,27,32)/t17-/m0/s1. The third kappa shape index (κ3) is 3.43. The predicted octanol–water partition coefficient (Wildman–Crippen LogP) is 4.28. The average molecular weight is 437 g/mol. The minimum Gasteiger partial charge on any atom is -0.359 e. The van der Waals surface area contributed by atoms with Gasteiger partial charge in [-0.15, -0.1) is 0 Å². The summed E-state index contributed by atoms with van der Waals surface area (Å²) in [5.74, 6) is 0.409. The zero-order chi connectivity index (χ0) is 22.4. The first-order valence-corrected chi connectivity index (χ1v) is 10.9. The molecular weight excluding hydrogens is 412 g/mol. The van der Waals surface area contributed by atoms with Crippen LogP contribution in [-0.2, 0) is 24.7 Å². The number of hydrogen-bond acceptors (Lipinski definition) is 4. The summed E-state index contributed by atoms with van der Waals surface area (Å²) in [6, 6.07) is 7.44. The van der Waals surface area contributed by atoms with Crippen LogP contribution in [0.4, 0.5) is 20.3 Å². The van der Waals surface area contributed by atoms with E-state index in [4.69, 9.17) is 4.98 Å². The number of aromatic nitrogens is 3. The van der Waals surface area contributed by atoms with Crippen molar-refractivity contribution in [3.63, 3.8) is 0 Å². The average Bonchev–Trinajstić information content (AvgIpc) is 3.43. The summed E-state index contributed by atoms with van der Waals surface area (Å²) in [6.45, 7) is 0.693. The van der Waals surface area contributed by atoms with Crippen LogP contribution < -0.4 is 10.2 Å². The molecule has 6 nitrogen and oxygen atoms in total. The van der Waals surface area contributed by atoms with Gasteiger partial charge in [0, 0.05) is 43.7 Å². The largest absolute Gasteiger partial charge is 0.359 e. The Morgan fingerprint density at radius 1 is 1.22 bits per heavy atom. The second kappa shape index (κ2) is 8.00. The van der Waals surface area contributed by atoms with E-state index in [1.165, 1.54) is 0 Å². The molecule has 0 saturated carbocycles. The number of alkyl halides is 2. The summed E-state index contributed by atoms with van der Waals surface area (Å²) < 4.78 is 29.8. The lowest BCUT2D eigenvalue weighted by molar-refractivity contribution is -0.122. The highest BCUT2D eigenvalue weighted by atomic mass is 19.3. The number of fused-ring (bicyclic) bond motifs is 2. The molecule has 166 valence electrons. The van der Waals surface area contributed by atoms with Crippen LogP contribution in [0.2, 0.25) is 0 Å². The summed E-state index contributed by atoms with van der Waals surface area (Å²) >= 11 is 0. The number of carbonyl (C=O) groups is 1. The molecule has 1 aliphatic carbocycles. The number of halogens is 2. The Hall–Kier alpha value is -3.29. The molecule has 0 fully saturated rings. The Kier molecular flexibility index (Phi) is 5.15. The van der Waals surface area contributed by atoms with E-state index in [0.717, 1.165) is 48.2 Å². The fourth-order valence-corrected chi connectivity index (χ4v) is 4.90. The molecule has 2 aliphatic rings. The zero-order valence-corrected chi connectivity index (χ0v) is 18.1. The maximum Gasteiger partial charge on any atom is 0.264 e. The number of pyridine rings is 1. The van der Waals surface area contributed by atoms with Crippen LogP contribution in [0.5, 0.6) is 0 Å². The van der Waals surface area contributed by atoms with Gasteiger partial charge in [-0.1, -0.05) is 6.07 Å². The molecule has 0 saturated heterocycles. The molecule has 32 heavy (non-hydrogen) atoms. The molecule has 2 aromatic heterocycles. The second-order valence-corrected chi connectivity index (χ2v) is 8.45. The SMILES string of the molecule is CNC(=O)[C@H]1CCc2ccc(N3CCCc4cc(-c5cnn(C)c5)c(C(F)F)cc43)nc21. The molecule has 8 heteroatoms. The molecule has 0 unspecified atom stereocenters. The number of nitrogens with zero attached hydrogens (tertiary/aromatic N) is 4. The van der Waals surface area contributed by atoms with Crippen LogP contribution in [0, 0.1) is 0 Å². The number of nitrogens with one attached hydrogen (secondary N) is 1. The summed E-state index contributed by atoms with van der Waals surface area (Å²) in [7, 11) is 3.41. The number of aryl methyl sites for hydroxylation is 3. The minimum absolute atomic E-state index is 0.00644. The molecule has 5 rings (SSSR count). The molecule has 1 aromatic carbocycles. The summed E-state index contributed by atoms with van der Waals surface area (Å²) in [4.78, 5) is 19.2. The lowest BCUT2D eigenvalue weighted by Crippen LogP contribution is -2.27. The van der Waals surface area contributed by atoms with Crippen molar-refractivity contribution >= 4 is 17.4 Å². The van der Waals surface area contributed by atoms with Gasteiger partial charge in [0.05, 0.1) is 17.8 Å². The first-order chi connectivity index (χ1) is 15.5. The lowest BCUT2D eigenvalue weighted by atomic mass is 9.93. The van der Waals surface area contributed by atoms with Gasteiger partial charge in [0.25, 0.3) is 6.43 Å². The van der Waals surface area contributed by atoms with E-state index in [1.54, 1.807) is 37.2 Å². The predicted molar refractivity (Wildman–Crippen MR) is 118 cm³/mol. The summed E-state index contributed by atoms with van der Waals surface area (Å²) in [6.07, 6.45) is 4.04. The topological polar surface area (TPSA) is 63.1 Å². The highest BCUT2D eigenvalue weighted by molar-refractivity contribution is 5.84. The van der Waals surface area contributed by atoms with Gasteiger partial charge in [-0.3, -0.25) is 9.48 Å². The van der Waals surface area contributed by atoms with Crippen molar-refractivity contribution in [1.82, 2.24) is 20.1 Å². The van der Waals surface area contributed by atoms with Crippen LogP contribution in [0.3, 0.4) is 0 Å². The number of carbonyl (C=O) groups excluding carboxylic acids is 1. The molecule has 3 aromatic rings. The summed E-state index contributed by atoms with van der Waals surface area (Å²) in [5, 5.41) is 6.87. The van der Waals surface area contributed by atoms with Crippen LogP contribution >= 0.6 is 0 Å². The second-order valence-electron chi connectivity index (χ2n) is 8.45. The third-order valence-corrected chi connectivity index (χ3v) is 6.49. The number of amides is 1. The fraction of sp³-hybridized carbons (Fsp3) is 0.375. The Morgan fingerprint density at radius 2 is 2.06 bits per heavy atom. The van der Waals surface area contributed by atoms with Gasteiger partial charge in [-0.25, -0.2) is 13.8 Å². The highest BCUT2D eigenvalue weighted by Crippen LogP contribution is 2.42. The van der Waals surface area contributed by atoms with Crippen LogP contribution in [0.15, 0.2) is 36.7 Å². The van der Waals surface area contributed by atoms with Gasteiger partial charge in [0.2, 0.25) is 5.91 Å². The number of benzene rings is 1. The van der Waals surface area contributed by atoms with Gasteiger partial charge in [0.15, 0.2) is 0 Å². The van der Waals surface area contributed by atoms with Crippen molar-refractivity contribution in [1.29, 1.82) is 0 Å². The van der Waals surface area contributed by atoms with Crippen LogP contribution in [-0.4, -0.2) is 34.3 Å². The molecule has 0 spiro atoms. The third-order valence-electron chi connectivity index (χ3n) is 6.49. The molecule has 0 radical (unpaired) electrons. The number of hydrogen-bond donors (Lipinski definition) is 1. The van der Waals surface area contributed by atoms with E-state index < -0.39 is 6.43 Å². The lowest BCUT2D eigenvalue weighted by Gasteiger charge is -2.32. The monoisotopic (exact) mass is 437 g/mol. The van der Waals surface area contributed by atoms with Crippen molar-refractivity contribution in [3.8, 4) is 11.1 Å². The Labute approximate surface area is 185 Å². The Balaban J connectivity index is 1.58. The van der Waals surface area contributed by atoms with E-state index in [9.17, 15) is 13.6 Å². The Bertz CT molecular complexity index is 1190. The van der Waals surface area contributed by atoms with Gasteiger partial charge in [0.1, 0.15) is 5.82 Å². The van der Waals surface area contributed by atoms with Crippen molar-refractivity contribution in [2.45, 2.75) is 38.0 Å². The number of likely N-dealkylation sites (N-methyl/N-ethyl adjacent to an activating group) is 1. The van der Waals surface area contributed by atoms with Gasteiger partial charge < -0.3 is 10.2 Å². The first-order valence-electron chi connectivity index (χ1n) is 10.9. The fourth-order valence-electron chi connectivity index (χ4n) is 4.90. The van der Waals surface area contributed by atoms with Gasteiger partial charge in [-0.2, -0.15) is 5.10 Å². The molecule has 1 amide bonds. The van der Waals surface area contributed by atoms with E-state index >= 15 is 0 Å². The number of rotatable bonds is 4. The van der Waals surface area contributed by atoms with E-state index in [2.05, 4.69) is 10.4 Å². The van der Waals surface area contributed by atoms with Crippen LogP contribution in [0.25, 0.3) is 11.1 Å². The smallest absolute Gasteiger partial charge is 0.264 e. The van der Waals surface area contributed by atoms with E-state index in [0.29, 0.717) is 23.5 Å². The maximum atomic E-state index is 14.1. The van der Waals surface area contributed by atoms with E-state index in [-0.39, 0.29) is 17.4 Å². The van der Waals surface area contributed by atoms with Gasteiger partial charge >= 0.3 is 0 Å². The highest BCUT2D eigenvalue weighted by Gasteiger charge is 2.31. The van der Waals surface area contributed by atoms with Crippen molar-refractivity contribution in [2.75, 3.05) is 18.5 Å². The molecular formula is C24H25F2N5O. The normalized spacial score (nSPS) is 17.4. The molecule has 1 atom stereocenters. The molecule has 1 aliphatic heterocycles. The van der Waals surface area contributed by atoms with Crippen molar-refractivity contribution in [2.24, 2.45) is 7.05 Å². The van der Waals surface area contributed by atoms with Gasteiger partial charge in [-0.05, 0) is 60.6 Å². The Morgan fingerprint density at radius 3 is 2.78 bits per heavy atom. The minimum atomic E-state index is -2.61. The van der Waals surface area contributed by atoms with Crippen molar-refractivity contribution < 1.29 is 13.6 Å². The first kappa shape index (κ1) is 20.6. The molecule has 0 bridgehead atoms. The number of anilines is 2. The molecule has 3 heterocycles. The zero-order valence-electron chi connectivity index (χ0n) is 18.1.